The molecule has 0 atom stereocenters. The largest absolute Gasteiger partial charge is 0.398 e. The summed E-state index contributed by atoms with van der Waals surface area (Å²) in [6, 6.07) is 4.39. The number of rotatable bonds is 5. The van der Waals surface area contributed by atoms with Crippen molar-refractivity contribution in [3.05, 3.63) is 33.9 Å². The molecule has 1 aromatic rings. The summed E-state index contributed by atoms with van der Waals surface area (Å²) in [6.07, 6.45) is 0. The number of likely N-dealkylation sites (N-methyl/N-ethyl adjacent to an activating group) is 1. The van der Waals surface area contributed by atoms with Gasteiger partial charge in [-0.2, -0.15) is 0 Å². The molecule has 0 fully saturated rings. The van der Waals surface area contributed by atoms with Gasteiger partial charge in [0.25, 0.3) is 5.69 Å². The zero-order valence-corrected chi connectivity index (χ0v) is 10.9. The molecule has 0 radical (unpaired) electrons. The summed E-state index contributed by atoms with van der Waals surface area (Å²) in [5.41, 5.74) is 6.63. The number of nitrogen functional groups attached to an aromatic ring is 1. The molecule has 0 bridgehead atoms. The zero-order chi connectivity index (χ0) is 13.9. The van der Waals surface area contributed by atoms with Gasteiger partial charge in [0, 0.05) is 29.9 Å². The third-order valence-electron chi connectivity index (χ3n) is 3.17. The minimum Gasteiger partial charge on any atom is -0.398 e. The quantitative estimate of drug-likeness (QED) is 0.470. The lowest BCUT2D eigenvalue weighted by atomic mass is 10.0. The van der Waals surface area contributed by atoms with Crippen molar-refractivity contribution in [1.82, 2.24) is 4.90 Å². The van der Waals surface area contributed by atoms with Gasteiger partial charge in [-0.3, -0.25) is 15.0 Å². The van der Waals surface area contributed by atoms with Gasteiger partial charge < -0.3 is 10.8 Å². The Balaban J connectivity index is 2.97. The van der Waals surface area contributed by atoms with Crippen molar-refractivity contribution < 1.29 is 10.0 Å². The highest BCUT2D eigenvalue weighted by atomic mass is 16.6. The maximum atomic E-state index is 10.7. The Kier molecular flexibility index (Phi) is 4.26. The smallest absolute Gasteiger partial charge is 0.269 e. The summed E-state index contributed by atoms with van der Waals surface area (Å²) < 4.78 is 0. The molecule has 0 heterocycles. The number of hydrogen-bond donors (Lipinski definition) is 2. The average molecular weight is 253 g/mol. The molecule has 1 rings (SSSR count). The van der Waals surface area contributed by atoms with Crippen LogP contribution in [-0.4, -0.2) is 34.1 Å². The molecule has 0 saturated heterocycles. The van der Waals surface area contributed by atoms with E-state index in [-0.39, 0.29) is 12.3 Å². The second kappa shape index (κ2) is 5.32. The van der Waals surface area contributed by atoms with Crippen LogP contribution in [0.15, 0.2) is 18.2 Å². The second-order valence-corrected chi connectivity index (χ2v) is 4.97. The number of nitrogens with zero attached hydrogens (tertiary/aromatic N) is 2. The number of nitro benzene ring substituents is 1. The highest BCUT2D eigenvalue weighted by molar-refractivity contribution is 5.52. The third-order valence-corrected chi connectivity index (χ3v) is 3.17. The fraction of sp³-hybridized carbons (Fsp3) is 0.500. The van der Waals surface area contributed by atoms with Gasteiger partial charge in [0.15, 0.2) is 0 Å². The summed E-state index contributed by atoms with van der Waals surface area (Å²) in [5, 5.41) is 20.0. The van der Waals surface area contributed by atoms with Gasteiger partial charge in [-0.15, -0.1) is 0 Å². The summed E-state index contributed by atoms with van der Waals surface area (Å²) in [4.78, 5) is 12.2. The maximum absolute atomic E-state index is 10.7. The molecule has 6 nitrogen and oxygen atoms in total. The van der Waals surface area contributed by atoms with E-state index >= 15 is 0 Å². The Morgan fingerprint density at radius 2 is 2.11 bits per heavy atom. The van der Waals surface area contributed by atoms with Gasteiger partial charge in [-0.1, -0.05) is 0 Å². The van der Waals surface area contributed by atoms with Crippen LogP contribution >= 0.6 is 0 Å². The van der Waals surface area contributed by atoms with Crippen LogP contribution in [0.4, 0.5) is 11.4 Å². The van der Waals surface area contributed by atoms with E-state index in [1.165, 1.54) is 18.2 Å². The van der Waals surface area contributed by atoms with Crippen LogP contribution in [0.25, 0.3) is 0 Å². The molecule has 0 spiro atoms. The minimum atomic E-state index is -0.444. The van der Waals surface area contributed by atoms with Crippen LogP contribution in [0.2, 0.25) is 0 Å². The molecule has 0 aromatic heterocycles. The Hall–Kier alpha value is -1.66. The summed E-state index contributed by atoms with van der Waals surface area (Å²) in [6.45, 7) is 4.22. The van der Waals surface area contributed by atoms with Gasteiger partial charge in [-0.05, 0) is 32.5 Å². The molecule has 100 valence electrons. The summed E-state index contributed by atoms with van der Waals surface area (Å²) in [7, 11) is 1.84. The van der Waals surface area contributed by atoms with Crippen LogP contribution in [0.1, 0.15) is 19.4 Å². The monoisotopic (exact) mass is 253 g/mol. The molecule has 18 heavy (non-hydrogen) atoms. The highest BCUT2D eigenvalue weighted by Gasteiger charge is 2.23. The maximum Gasteiger partial charge on any atom is 0.269 e. The number of anilines is 1. The molecule has 0 saturated carbocycles. The molecule has 0 aliphatic carbocycles. The van der Waals surface area contributed by atoms with Crippen LogP contribution in [-0.2, 0) is 6.54 Å². The van der Waals surface area contributed by atoms with Gasteiger partial charge in [0.1, 0.15) is 0 Å². The normalized spacial score (nSPS) is 11.8. The predicted molar refractivity (Wildman–Crippen MR) is 70.1 cm³/mol. The molecule has 6 heteroatoms. The van der Waals surface area contributed by atoms with E-state index in [1.54, 1.807) is 0 Å². The topological polar surface area (TPSA) is 92.6 Å². The molecule has 3 N–H and O–H groups in total. The molecule has 0 aliphatic rings. The van der Waals surface area contributed by atoms with E-state index in [0.29, 0.717) is 17.8 Å². The van der Waals surface area contributed by atoms with Crippen LogP contribution < -0.4 is 5.73 Å². The van der Waals surface area contributed by atoms with Crippen molar-refractivity contribution >= 4 is 11.4 Å². The number of nitrogens with two attached hydrogens (primary N) is 1. The number of hydrogen-bond acceptors (Lipinski definition) is 5. The Morgan fingerprint density at radius 3 is 2.61 bits per heavy atom. The predicted octanol–water partition coefficient (Wildman–Crippen LogP) is 1.38. The number of benzene rings is 1. The van der Waals surface area contributed by atoms with E-state index in [9.17, 15) is 15.2 Å². The second-order valence-electron chi connectivity index (χ2n) is 4.97. The van der Waals surface area contributed by atoms with Crippen molar-refractivity contribution in [3.63, 3.8) is 0 Å². The zero-order valence-electron chi connectivity index (χ0n) is 10.9. The van der Waals surface area contributed by atoms with Gasteiger partial charge >= 0.3 is 0 Å². The van der Waals surface area contributed by atoms with Crippen molar-refractivity contribution in [2.45, 2.75) is 25.9 Å². The minimum absolute atomic E-state index is 0.00166. The Morgan fingerprint density at radius 1 is 1.50 bits per heavy atom. The van der Waals surface area contributed by atoms with E-state index in [2.05, 4.69) is 0 Å². The van der Waals surface area contributed by atoms with E-state index in [1.807, 2.05) is 25.8 Å². The first kappa shape index (κ1) is 14.4. The summed E-state index contributed by atoms with van der Waals surface area (Å²) >= 11 is 0. The lowest BCUT2D eigenvalue weighted by Crippen LogP contribution is -2.43. The van der Waals surface area contributed by atoms with Crippen molar-refractivity contribution in [3.8, 4) is 0 Å². The Labute approximate surface area is 106 Å². The van der Waals surface area contributed by atoms with Gasteiger partial charge in [0.2, 0.25) is 0 Å². The van der Waals surface area contributed by atoms with Crippen molar-refractivity contribution in [2.75, 3.05) is 19.4 Å². The van der Waals surface area contributed by atoms with Crippen molar-refractivity contribution in [1.29, 1.82) is 0 Å². The van der Waals surface area contributed by atoms with Crippen LogP contribution in [0, 0.1) is 10.1 Å². The van der Waals surface area contributed by atoms with E-state index < -0.39 is 10.5 Å². The average Bonchev–Trinajstić information content (AvgIpc) is 2.31. The molecular weight excluding hydrogens is 234 g/mol. The SMILES string of the molecule is CN(Cc1cc([N+](=O)[O-])ccc1N)C(C)(C)CO. The van der Waals surface area contributed by atoms with Gasteiger partial charge in [-0.25, -0.2) is 0 Å². The Bertz CT molecular complexity index is 446. The molecule has 1 aromatic carbocycles. The summed E-state index contributed by atoms with van der Waals surface area (Å²) in [5.74, 6) is 0. The molecular formula is C12H19N3O3. The molecule has 0 aliphatic heterocycles. The first-order valence-electron chi connectivity index (χ1n) is 5.63. The number of non-ortho nitro benzene ring substituents is 1. The molecule has 0 amide bonds. The van der Waals surface area contributed by atoms with E-state index in [0.717, 1.165) is 0 Å². The first-order valence-corrected chi connectivity index (χ1v) is 5.63. The standard InChI is InChI=1S/C12H19N3O3/c1-12(2,8-16)14(3)7-9-6-10(15(17)18)4-5-11(9)13/h4-6,16H,7-8,13H2,1-3H3. The van der Waals surface area contributed by atoms with E-state index in [4.69, 9.17) is 5.73 Å². The number of aliphatic hydroxyl groups is 1. The highest BCUT2D eigenvalue weighted by Crippen LogP contribution is 2.23. The number of aliphatic hydroxyl groups excluding tert-OH is 1. The number of nitro groups is 1. The fourth-order valence-corrected chi connectivity index (χ4v) is 1.43. The van der Waals surface area contributed by atoms with Gasteiger partial charge in [0.05, 0.1) is 11.5 Å². The lowest BCUT2D eigenvalue weighted by molar-refractivity contribution is -0.384. The van der Waals surface area contributed by atoms with Crippen LogP contribution in [0.3, 0.4) is 0 Å². The van der Waals surface area contributed by atoms with Crippen LogP contribution in [0.5, 0.6) is 0 Å². The fourth-order valence-electron chi connectivity index (χ4n) is 1.43. The third kappa shape index (κ3) is 3.18. The lowest BCUT2D eigenvalue weighted by Gasteiger charge is -2.34. The van der Waals surface area contributed by atoms with Crippen molar-refractivity contribution in [2.24, 2.45) is 0 Å². The first-order chi connectivity index (χ1) is 8.27. The molecule has 0 unspecified atom stereocenters.